The second-order valence-electron chi connectivity index (χ2n) is 6.91. The van der Waals surface area contributed by atoms with Crippen LogP contribution in [-0.4, -0.2) is 84.8 Å². The van der Waals surface area contributed by atoms with Gasteiger partial charge in [0.05, 0.1) is 0 Å². The third-order valence-corrected chi connectivity index (χ3v) is 8.23. The largest absolute Gasteiger partial charge is 0.480 e. The molecule has 12 nitrogen and oxygen atoms in total. The van der Waals surface area contributed by atoms with Crippen LogP contribution >= 0.6 is 34.9 Å². The predicted octanol–water partition coefficient (Wildman–Crippen LogP) is -0.0749. The Morgan fingerprint density at radius 3 is 2.81 bits per heavy atom. The molecule has 0 bridgehead atoms. The highest BCUT2D eigenvalue weighted by Crippen LogP contribution is 2.47. The van der Waals surface area contributed by atoms with Gasteiger partial charge in [0, 0.05) is 25.0 Å². The molecule has 5 N–H and O–H groups in total. The lowest BCUT2D eigenvalue weighted by molar-refractivity contribution is -0.192. The Kier molecular flexibility index (Phi) is 7.76. The van der Waals surface area contributed by atoms with Crippen molar-refractivity contribution in [3.05, 3.63) is 16.8 Å². The third kappa shape index (κ3) is 4.76. The Hall–Kier alpha value is -2.20. The molecule has 174 valence electrons. The van der Waals surface area contributed by atoms with Crippen LogP contribution in [0, 0.1) is 0 Å². The zero-order valence-corrected chi connectivity index (χ0v) is 19.3. The molecular weight excluding hydrogens is 482 g/mol. The Bertz CT molecular complexity index is 941. The van der Waals surface area contributed by atoms with Crippen molar-refractivity contribution in [3.8, 4) is 0 Å². The van der Waals surface area contributed by atoms with Crippen molar-refractivity contribution in [2.24, 2.45) is 5.73 Å². The van der Waals surface area contributed by atoms with Crippen molar-refractivity contribution < 1.29 is 34.1 Å². The second kappa shape index (κ2) is 10.2. The summed E-state index contributed by atoms with van der Waals surface area (Å²) in [5, 5.41) is 28.0. The average Bonchev–Trinajstić information content (AvgIpc) is 3.28. The maximum Gasteiger partial charge on any atom is 0.352 e. The van der Waals surface area contributed by atoms with Gasteiger partial charge in [0.25, 0.3) is 11.6 Å². The number of amides is 2. The normalized spacial score (nSPS) is 23.4. The van der Waals surface area contributed by atoms with Gasteiger partial charge < -0.3 is 26.0 Å². The summed E-state index contributed by atoms with van der Waals surface area (Å²) in [4.78, 5) is 49.3. The Balaban J connectivity index is 1.69. The average molecular weight is 504 g/mol. The predicted molar refractivity (Wildman–Crippen MR) is 116 cm³/mol. The van der Waals surface area contributed by atoms with E-state index in [9.17, 15) is 24.3 Å². The van der Waals surface area contributed by atoms with Crippen molar-refractivity contribution in [1.82, 2.24) is 20.4 Å². The molecule has 1 aromatic heterocycles. The first kappa shape index (κ1) is 24.4. The fourth-order valence-corrected chi connectivity index (χ4v) is 6.37. The fourth-order valence-electron chi connectivity index (χ4n) is 3.30. The van der Waals surface area contributed by atoms with E-state index >= 15 is 0 Å². The second-order valence-corrected chi connectivity index (χ2v) is 10.0. The van der Waals surface area contributed by atoms with Gasteiger partial charge >= 0.3 is 11.9 Å². The maximum atomic E-state index is 13.0. The highest BCUT2D eigenvalue weighted by molar-refractivity contribution is 8.01. The Morgan fingerprint density at radius 2 is 2.22 bits per heavy atom. The van der Waals surface area contributed by atoms with Crippen molar-refractivity contribution >= 4 is 58.6 Å². The van der Waals surface area contributed by atoms with E-state index in [-0.39, 0.29) is 25.0 Å². The molecule has 0 spiro atoms. The zero-order valence-electron chi connectivity index (χ0n) is 16.8. The number of aromatic nitrogens is 2. The van der Waals surface area contributed by atoms with E-state index in [0.717, 1.165) is 4.90 Å². The van der Waals surface area contributed by atoms with Crippen molar-refractivity contribution in [3.63, 3.8) is 0 Å². The van der Waals surface area contributed by atoms with E-state index in [0.29, 0.717) is 21.4 Å². The number of ether oxygens (including phenoxy) is 1. The summed E-state index contributed by atoms with van der Waals surface area (Å²) in [7, 11) is 1.27. The molecule has 2 aliphatic rings. The fraction of sp³-hybridized carbons (Fsp3) is 0.529. The molecule has 3 atom stereocenters. The van der Waals surface area contributed by atoms with E-state index in [2.05, 4.69) is 15.5 Å². The number of methoxy groups -OCH3 is 1. The minimum absolute atomic E-state index is 0.0534. The van der Waals surface area contributed by atoms with Crippen LogP contribution in [0.15, 0.2) is 21.1 Å². The first-order valence-corrected chi connectivity index (χ1v) is 12.3. The number of carboxylic acids is 2. The van der Waals surface area contributed by atoms with Gasteiger partial charge in [-0.05, 0) is 18.4 Å². The third-order valence-electron chi connectivity index (χ3n) is 4.91. The van der Waals surface area contributed by atoms with Gasteiger partial charge in [0.1, 0.15) is 22.6 Å². The lowest BCUT2D eigenvalue weighted by Gasteiger charge is -2.55. The number of carboxylic acid groups (broad SMARTS) is 2. The molecule has 15 heteroatoms. The van der Waals surface area contributed by atoms with Crippen LogP contribution in [0.3, 0.4) is 0 Å². The molecular formula is C17H21N5O7S3. The van der Waals surface area contributed by atoms with E-state index in [1.165, 1.54) is 42.0 Å². The molecule has 2 aliphatic heterocycles. The van der Waals surface area contributed by atoms with Crippen LogP contribution in [0.5, 0.6) is 0 Å². The summed E-state index contributed by atoms with van der Waals surface area (Å²) in [6.45, 7) is 0. The van der Waals surface area contributed by atoms with Gasteiger partial charge in [-0.1, -0.05) is 23.1 Å². The van der Waals surface area contributed by atoms with E-state index in [1.807, 2.05) is 0 Å². The minimum Gasteiger partial charge on any atom is -0.480 e. The molecule has 2 amide bonds. The van der Waals surface area contributed by atoms with Crippen LogP contribution < -0.4 is 11.1 Å². The van der Waals surface area contributed by atoms with Crippen LogP contribution in [0.25, 0.3) is 0 Å². The van der Waals surface area contributed by atoms with Gasteiger partial charge in [-0.3, -0.25) is 19.3 Å². The summed E-state index contributed by atoms with van der Waals surface area (Å²) >= 11 is 3.95. The molecule has 0 aliphatic carbocycles. The maximum absolute atomic E-state index is 13.0. The number of thioether (sulfide) groups is 2. The molecule has 0 saturated carbocycles. The van der Waals surface area contributed by atoms with E-state index in [1.54, 1.807) is 5.51 Å². The number of nitrogens with two attached hydrogens (primary N) is 1. The Labute approximate surface area is 194 Å². The van der Waals surface area contributed by atoms with Crippen LogP contribution in [0.1, 0.15) is 19.3 Å². The number of nitrogens with zero attached hydrogens (tertiary/aromatic N) is 3. The smallest absolute Gasteiger partial charge is 0.352 e. The molecule has 1 saturated heterocycles. The quantitative estimate of drug-likeness (QED) is 0.179. The number of β-lactam (4-membered cyclic amide) rings is 1. The number of hydrogen-bond donors (Lipinski definition) is 4. The molecule has 0 radical (unpaired) electrons. The van der Waals surface area contributed by atoms with Crippen LogP contribution in [-0.2, 0) is 23.9 Å². The lowest BCUT2D eigenvalue weighted by atomic mass is 9.98. The van der Waals surface area contributed by atoms with Crippen LogP contribution in [0.2, 0.25) is 0 Å². The molecule has 1 fully saturated rings. The SMILES string of the molecule is COC1(NC(=O)CCCC(N)C(=O)O)C(=O)N2C(C(=O)O)=C(CSc3nncs3)CSC21. The minimum atomic E-state index is -1.69. The lowest BCUT2D eigenvalue weighted by Crippen LogP contribution is -2.80. The molecule has 1 aromatic rings. The number of aliphatic carboxylic acids is 2. The highest BCUT2D eigenvalue weighted by Gasteiger charge is 2.66. The van der Waals surface area contributed by atoms with Gasteiger partial charge in [-0.15, -0.1) is 22.0 Å². The number of hydrogen-bond acceptors (Lipinski definition) is 11. The molecule has 3 unspecified atom stereocenters. The first-order chi connectivity index (χ1) is 15.2. The summed E-state index contributed by atoms with van der Waals surface area (Å²) in [5.41, 5.74) is 5.76. The summed E-state index contributed by atoms with van der Waals surface area (Å²) in [5.74, 6) is -2.93. The van der Waals surface area contributed by atoms with E-state index in [4.69, 9.17) is 15.6 Å². The number of nitrogens with one attached hydrogen (secondary N) is 1. The van der Waals surface area contributed by atoms with Gasteiger partial charge in [0.15, 0.2) is 4.34 Å². The molecule has 3 heterocycles. The highest BCUT2D eigenvalue weighted by atomic mass is 32.2. The van der Waals surface area contributed by atoms with Crippen molar-refractivity contribution in [2.75, 3.05) is 18.6 Å². The number of fused-ring (bicyclic) bond motifs is 1. The number of rotatable bonds is 11. The van der Waals surface area contributed by atoms with Gasteiger partial charge in [0.2, 0.25) is 5.91 Å². The number of carbonyl (C=O) groups excluding carboxylic acids is 2. The summed E-state index contributed by atoms with van der Waals surface area (Å²) in [6, 6.07) is -1.08. The van der Waals surface area contributed by atoms with Crippen molar-refractivity contribution in [2.45, 2.75) is 40.7 Å². The zero-order chi connectivity index (χ0) is 23.5. The van der Waals surface area contributed by atoms with E-state index < -0.39 is 40.9 Å². The molecule has 3 rings (SSSR count). The van der Waals surface area contributed by atoms with Gasteiger partial charge in [-0.2, -0.15) is 0 Å². The van der Waals surface area contributed by atoms with Crippen molar-refractivity contribution in [1.29, 1.82) is 0 Å². The molecule has 0 aromatic carbocycles. The number of carbonyl (C=O) groups is 4. The summed E-state index contributed by atoms with van der Waals surface area (Å²) < 4.78 is 6.06. The topological polar surface area (TPSA) is 185 Å². The van der Waals surface area contributed by atoms with Gasteiger partial charge in [-0.25, -0.2) is 4.79 Å². The molecule has 32 heavy (non-hydrogen) atoms. The first-order valence-electron chi connectivity index (χ1n) is 9.35. The standard InChI is InChI=1S/C17H21N5O7S3/c1-29-17(20-10(23)4-2-3-9(18)12(24)25)14(28)22-11(13(26)27)8(5-30-15(17)22)6-31-16-21-19-7-32-16/h7,9,15H,2-6,18H2,1H3,(H,20,23)(H,24,25)(H,26,27). The summed E-state index contributed by atoms with van der Waals surface area (Å²) in [6.07, 6.45) is 0.257. The Morgan fingerprint density at radius 1 is 1.47 bits per heavy atom. The monoisotopic (exact) mass is 503 g/mol. The van der Waals surface area contributed by atoms with Crippen LogP contribution in [0.4, 0.5) is 0 Å².